The van der Waals surface area contributed by atoms with Gasteiger partial charge < -0.3 is 20.1 Å². The van der Waals surface area contributed by atoms with E-state index in [4.69, 9.17) is 9.47 Å². The van der Waals surface area contributed by atoms with Gasteiger partial charge in [0.05, 0.1) is 19.7 Å². The molecule has 0 aromatic heterocycles. The molecule has 0 spiro atoms. The lowest BCUT2D eigenvalue weighted by Crippen LogP contribution is -2.39. The molecule has 1 aromatic rings. The molecule has 20 heavy (non-hydrogen) atoms. The molecule has 1 aromatic carbocycles. The Hall–Kier alpha value is -1.75. The molecule has 0 heterocycles. The smallest absolute Gasteiger partial charge is 0.191 e. The number of rotatable bonds is 8. The SMILES string of the molecule is CCNC(=NCCOC)NCCOc1ccc(C)cc1. The summed E-state index contributed by atoms with van der Waals surface area (Å²) in [6, 6.07) is 8.04. The summed E-state index contributed by atoms with van der Waals surface area (Å²) in [6.45, 7) is 7.49. The number of benzene rings is 1. The van der Waals surface area contributed by atoms with Crippen molar-refractivity contribution in [3.05, 3.63) is 29.8 Å². The van der Waals surface area contributed by atoms with Crippen LogP contribution in [0, 0.1) is 6.92 Å². The summed E-state index contributed by atoms with van der Waals surface area (Å²) in [6.07, 6.45) is 0. The summed E-state index contributed by atoms with van der Waals surface area (Å²) in [7, 11) is 1.67. The number of ether oxygens (including phenoxy) is 2. The fraction of sp³-hybridized carbons (Fsp3) is 0.533. The highest BCUT2D eigenvalue weighted by atomic mass is 16.5. The van der Waals surface area contributed by atoms with Gasteiger partial charge in [0.1, 0.15) is 12.4 Å². The van der Waals surface area contributed by atoms with E-state index in [0.717, 1.165) is 18.3 Å². The summed E-state index contributed by atoms with van der Waals surface area (Å²) in [5.74, 6) is 1.68. The van der Waals surface area contributed by atoms with Crippen molar-refractivity contribution in [1.82, 2.24) is 10.6 Å². The van der Waals surface area contributed by atoms with Crippen molar-refractivity contribution in [3.8, 4) is 5.75 Å². The highest BCUT2D eigenvalue weighted by Crippen LogP contribution is 2.10. The number of guanidine groups is 1. The van der Waals surface area contributed by atoms with E-state index < -0.39 is 0 Å². The first-order valence-corrected chi connectivity index (χ1v) is 6.97. The van der Waals surface area contributed by atoms with Crippen LogP contribution in [0.5, 0.6) is 5.75 Å². The van der Waals surface area contributed by atoms with Crippen molar-refractivity contribution in [3.63, 3.8) is 0 Å². The zero-order valence-electron chi connectivity index (χ0n) is 12.6. The van der Waals surface area contributed by atoms with Gasteiger partial charge in [-0.3, -0.25) is 4.99 Å². The number of methoxy groups -OCH3 is 1. The first kappa shape index (κ1) is 16.3. The first-order valence-electron chi connectivity index (χ1n) is 6.97. The van der Waals surface area contributed by atoms with Crippen LogP contribution in [0.2, 0.25) is 0 Å². The molecule has 0 aliphatic heterocycles. The van der Waals surface area contributed by atoms with Crippen LogP contribution in [-0.4, -0.2) is 45.9 Å². The number of hydrogen-bond donors (Lipinski definition) is 2. The second-order valence-corrected chi connectivity index (χ2v) is 4.34. The molecule has 5 nitrogen and oxygen atoms in total. The number of aliphatic imine (C=N–C) groups is 1. The van der Waals surface area contributed by atoms with Crippen LogP contribution >= 0.6 is 0 Å². The molecule has 0 atom stereocenters. The monoisotopic (exact) mass is 279 g/mol. The molecule has 0 radical (unpaired) electrons. The van der Waals surface area contributed by atoms with Gasteiger partial charge in [0.2, 0.25) is 0 Å². The number of aryl methyl sites for hydroxylation is 1. The third-order valence-corrected chi connectivity index (χ3v) is 2.59. The zero-order chi connectivity index (χ0) is 14.6. The predicted octanol–water partition coefficient (Wildman–Crippen LogP) is 1.58. The van der Waals surface area contributed by atoms with Gasteiger partial charge in [0.25, 0.3) is 0 Å². The van der Waals surface area contributed by atoms with Crippen molar-refractivity contribution >= 4 is 5.96 Å². The quantitative estimate of drug-likeness (QED) is 0.431. The maximum Gasteiger partial charge on any atom is 0.191 e. The maximum atomic E-state index is 5.65. The molecule has 0 amide bonds. The summed E-state index contributed by atoms with van der Waals surface area (Å²) < 4.78 is 10.6. The normalized spacial score (nSPS) is 11.2. The fourth-order valence-electron chi connectivity index (χ4n) is 1.56. The van der Waals surface area contributed by atoms with Gasteiger partial charge in [-0.25, -0.2) is 0 Å². The lowest BCUT2D eigenvalue weighted by molar-refractivity contribution is 0.208. The van der Waals surface area contributed by atoms with E-state index in [-0.39, 0.29) is 0 Å². The van der Waals surface area contributed by atoms with Crippen LogP contribution in [0.25, 0.3) is 0 Å². The van der Waals surface area contributed by atoms with E-state index in [9.17, 15) is 0 Å². The minimum absolute atomic E-state index is 0.595. The average molecular weight is 279 g/mol. The second-order valence-electron chi connectivity index (χ2n) is 4.34. The van der Waals surface area contributed by atoms with E-state index >= 15 is 0 Å². The molecule has 0 saturated carbocycles. The zero-order valence-corrected chi connectivity index (χ0v) is 12.6. The van der Waals surface area contributed by atoms with Crippen LogP contribution in [-0.2, 0) is 4.74 Å². The molecule has 0 saturated heterocycles. The lowest BCUT2D eigenvalue weighted by atomic mass is 10.2. The van der Waals surface area contributed by atoms with Gasteiger partial charge in [0, 0.05) is 13.7 Å². The Kier molecular flexibility index (Phi) is 8.22. The van der Waals surface area contributed by atoms with Gasteiger partial charge in [0.15, 0.2) is 5.96 Å². The molecule has 2 N–H and O–H groups in total. The van der Waals surface area contributed by atoms with Gasteiger partial charge in [-0.1, -0.05) is 17.7 Å². The summed E-state index contributed by atoms with van der Waals surface area (Å²) in [5, 5.41) is 6.39. The molecule has 0 aliphatic rings. The molecule has 1 rings (SSSR count). The Balaban J connectivity index is 2.25. The third-order valence-electron chi connectivity index (χ3n) is 2.59. The van der Waals surface area contributed by atoms with Crippen molar-refractivity contribution in [1.29, 1.82) is 0 Å². The molecule has 0 unspecified atom stereocenters. The average Bonchev–Trinajstić information content (AvgIpc) is 2.45. The molecule has 112 valence electrons. The molecular formula is C15H25N3O2. The molecule has 0 fully saturated rings. The van der Waals surface area contributed by atoms with Crippen molar-refractivity contribution in [2.45, 2.75) is 13.8 Å². The van der Waals surface area contributed by atoms with E-state index in [1.54, 1.807) is 7.11 Å². The summed E-state index contributed by atoms with van der Waals surface area (Å²) in [4.78, 5) is 4.37. The number of nitrogens with zero attached hydrogens (tertiary/aromatic N) is 1. The van der Waals surface area contributed by atoms with Gasteiger partial charge in [-0.05, 0) is 26.0 Å². The minimum Gasteiger partial charge on any atom is -0.492 e. The van der Waals surface area contributed by atoms with Crippen LogP contribution in [0.1, 0.15) is 12.5 Å². The largest absolute Gasteiger partial charge is 0.492 e. The predicted molar refractivity (Wildman–Crippen MR) is 82.5 cm³/mol. The highest BCUT2D eigenvalue weighted by molar-refractivity contribution is 5.79. The van der Waals surface area contributed by atoms with Crippen LogP contribution in [0.4, 0.5) is 0 Å². The van der Waals surface area contributed by atoms with Crippen LogP contribution in [0.15, 0.2) is 29.3 Å². The standard InChI is InChI=1S/C15H25N3O2/c1-4-16-15(17-9-11-19-3)18-10-12-20-14-7-5-13(2)6-8-14/h5-8H,4,9-12H2,1-3H3,(H2,16,17,18). The van der Waals surface area contributed by atoms with Crippen molar-refractivity contribution in [2.75, 3.05) is 40.0 Å². The number of hydrogen-bond acceptors (Lipinski definition) is 3. The van der Waals surface area contributed by atoms with E-state index in [1.165, 1.54) is 5.56 Å². The first-order chi connectivity index (χ1) is 9.76. The Morgan fingerprint density at radius 2 is 1.90 bits per heavy atom. The maximum absolute atomic E-state index is 5.65. The minimum atomic E-state index is 0.595. The van der Waals surface area contributed by atoms with Gasteiger partial charge in [-0.2, -0.15) is 0 Å². The Morgan fingerprint density at radius 1 is 1.15 bits per heavy atom. The Bertz CT molecular complexity index is 391. The van der Waals surface area contributed by atoms with Gasteiger partial charge in [-0.15, -0.1) is 0 Å². The second kappa shape index (κ2) is 10.1. The third kappa shape index (κ3) is 6.99. The Labute approximate surface area is 121 Å². The fourth-order valence-corrected chi connectivity index (χ4v) is 1.56. The van der Waals surface area contributed by atoms with Crippen molar-refractivity contribution in [2.24, 2.45) is 4.99 Å². The van der Waals surface area contributed by atoms with Crippen molar-refractivity contribution < 1.29 is 9.47 Å². The Morgan fingerprint density at radius 3 is 2.55 bits per heavy atom. The van der Waals surface area contributed by atoms with Gasteiger partial charge >= 0.3 is 0 Å². The molecule has 5 heteroatoms. The van der Waals surface area contributed by atoms with Crippen LogP contribution in [0.3, 0.4) is 0 Å². The lowest BCUT2D eigenvalue weighted by Gasteiger charge is -2.12. The molecule has 0 aliphatic carbocycles. The number of nitrogens with one attached hydrogen (secondary N) is 2. The topological polar surface area (TPSA) is 54.9 Å². The summed E-state index contributed by atoms with van der Waals surface area (Å²) >= 11 is 0. The van der Waals surface area contributed by atoms with E-state index in [0.29, 0.717) is 26.3 Å². The van der Waals surface area contributed by atoms with Crippen LogP contribution < -0.4 is 15.4 Å². The summed E-state index contributed by atoms with van der Waals surface area (Å²) in [5.41, 5.74) is 1.23. The van der Waals surface area contributed by atoms with E-state index in [2.05, 4.69) is 22.5 Å². The molecule has 0 bridgehead atoms. The molecular weight excluding hydrogens is 254 g/mol. The highest BCUT2D eigenvalue weighted by Gasteiger charge is 1.97. The van der Waals surface area contributed by atoms with E-state index in [1.807, 2.05) is 31.2 Å².